The molecule has 0 saturated heterocycles. The number of rotatable bonds is 10. The largest absolute Gasteiger partial charge is 0.480 e. The summed E-state index contributed by atoms with van der Waals surface area (Å²) in [7, 11) is 0. The van der Waals surface area contributed by atoms with Crippen LogP contribution >= 0.6 is 11.3 Å². The molecular weight excluding hydrogens is 410 g/mol. The maximum Gasteiger partial charge on any atom is 0.326 e. The Kier molecular flexibility index (Phi) is 7.49. The molecule has 1 amide bonds. The Labute approximate surface area is 187 Å². The molecule has 0 fully saturated rings. The van der Waals surface area contributed by atoms with Crippen LogP contribution in [0.25, 0.3) is 11.0 Å². The lowest BCUT2D eigenvalue weighted by Crippen LogP contribution is -2.41. The first-order valence-corrected chi connectivity index (χ1v) is 11.8. The Morgan fingerprint density at radius 3 is 2.52 bits per heavy atom. The summed E-state index contributed by atoms with van der Waals surface area (Å²) < 4.78 is 2.30. The van der Waals surface area contributed by atoms with Crippen molar-refractivity contribution < 1.29 is 14.7 Å². The van der Waals surface area contributed by atoms with E-state index in [4.69, 9.17) is 4.98 Å². The van der Waals surface area contributed by atoms with Gasteiger partial charge in [0.25, 0.3) is 5.91 Å². The highest BCUT2D eigenvalue weighted by Gasteiger charge is 2.23. The molecular formula is C24H31N3O3S. The van der Waals surface area contributed by atoms with Crippen LogP contribution in [0.5, 0.6) is 0 Å². The summed E-state index contributed by atoms with van der Waals surface area (Å²) in [5.41, 5.74) is 2.20. The van der Waals surface area contributed by atoms with Gasteiger partial charge in [-0.1, -0.05) is 33.8 Å². The normalized spacial score (nSPS) is 12.6. The number of thiophene rings is 1. The van der Waals surface area contributed by atoms with Crippen molar-refractivity contribution in [2.75, 3.05) is 0 Å². The van der Waals surface area contributed by atoms with Gasteiger partial charge in [-0.15, -0.1) is 11.3 Å². The third-order valence-electron chi connectivity index (χ3n) is 5.56. The van der Waals surface area contributed by atoms with Crippen molar-refractivity contribution in [3.05, 3.63) is 52.0 Å². The highest BCUT2D eigenvalue weighted by Crippen LogP contribution is 2.28. The molecule has 2 heterocycles. The van der Waals surface area contributed by atoms with Gasteiger partial charge < -0.3 is 15.0 Å². The third kappa shape index (κ3) is 5.34. The molecule has 166 valence electrons. The molecule has 0 bridgehead atoms. The second-order valence-electron chi connectivity index (χ2n) is 8.32. The molecule has 3 aromatic rings. The SMILES string of the molecule is CCC(CC)n1c(Cc2cccs2)nc2cc(C(=O)NC(CC(C)C)C(=O)O)ccc21. The molecule has 31 heavy (non-hydrogen) atoms. The van der Waals surface area contributed by atoms with Gasteiger partial charge in [0, 0.05) is 22.9 Å². The smallest absolute Gasteiger partial charge is 0.326 e. The Balaban J connectivity index is 1.96. The zero-order chi connectivity index (χ0) is 22.5. The minimum atomic E-state index is -1.01. The van der Waals surface area contributed by atoms with Crippen molar-refractivity contribution in [1.29, 1.82) is 0 Å². The summed E-state index contributed by atoms with van der Waals surface area (Å²) in [4.78, 5) is 30.4. The molecule has 3 rings (SSSR count). The highest BCUT2D eigenvalue weighted by atomic mass is 32.1. The molecule has 0 radical (unpaired) electrons. The van der Waals surface area contributed by atoms with E-state index in [1.165, 1.54) is 4.88 Å². The molecule has 0 spiro atoms. The number of nitrogens with zero attached hydrogens (tertiary/aromatic N) is 2. The molecule has 1 unspecified atom stereocenters. The molecule has 2 N–H and O–H groups in total. The fourth-order valence-corrected chi connectivity index (χ4v) is 4.68. The lowest BCUT2D eigenvalue weighted by Gasteiger charge is -2.19. The van der Waals surface area contributed by atoms with Crippen LogP contribution in [0, 0.1) is 5.92 Å². The predicted molar refractivity (Wildman–Crippen MR) is 125 cm³/mol. The summed E-state index contributed by atoms with van der Waals surface area (Å²) in [5, 5.41) is 14.2. The monoisotopic (exact) mass is 441 g/mol. The van der Waals surface area contributed by atoms with Crippen LogP contribution in [0.4, 0.5) is 0 Å². The molecule has 1 aromatic carbocycles. The topological polar surface area (TPSA) is 84.2 Å². The highest BCUT2D eigenvalue weighted by molar-refractivity contribution is 7.09. The van der Waals surface area contributed by atoms with Crippen LogP contribution < -0.4 is 5.32 Å². The Morgan fingerprint density at radius 1 is 1.19 bits per heavy atom. The fourth-order valence-electron chi connectivity index (χ4n) is 3.98. The minimum Gasteiger partial charge on any atom is -0.480 e. The molecule has 1 atom stereocenters. The first kappa shape index (κ1) is 23.0. The molecule has 0 aliphatic rings. The van der Waals surface area contributed by atoms with E-state index in [9.17, 15) is 14.7 Å². The number of aromatic nitrogens is 2. The van der Waals surface area contributed by atoms with Gasteiger partial charge in [-0.3, -0.25) is 4.79 Å². The molecule has 6 nitrogen and oxygen atoms in total. The average molecular weight is 442 g/mol. The number of carbonyl (C=O) groups excluding carboxylic acids is 1. The predicted octanol–water partition coefficient (Wildman–Crippen LogP) is 5.28. The summed E-state index contributed by atoms with van der Waals surface area (Å²) in [6.07, 6.45) is 3.13. The van der Waals surface area contributed by atoms with Crippen LogP contribution in [-0.2, 0) is 11.2 Å². The van der Waals surface area contributed by atoms with E-state index in [1.807, 2.05) is 26.0 Å². The van der Waals surface area contributed by atoms with Gasteiger partial charge >= 0.3 is 5.97 Å². The molecule has 7 heteroatoms. The van der Waals surface area contributed by atoms with Crippen LogP contribution in [0.3, 0.4) is 0 Å². The van der Waals surface area contributed by atoms with Gasteiger partial charge in [0.2, 0.25) is 0 Å². The van der Waals surface area contributed by atoms with E-state index < -0.39 is 12.0 Å². The van der Waals surface area contributed by atoms with E-state index in [0.29, 0.717) is 18.0 Å². The van der Waals surface area contributed by atoms with Gasteiger partial charge in [0.05, 0.1) is 11.0 Å². The van der Waals surface area contributed by atoms with Crippen LogP contribution in [0.1, 0.15) is 74.1 Å². The minimum absolute atomic E-state index is 0.166. The number of carboxylic acids is 1. The summed E-state index contributed by atoms with van der Waals surface area (Å²) in [6.45, 7) is 8.23. The number of hydrogen-bond donors (Lipinski definition) is 2. The fraction of sp³-hybridized carbons (Fsp3) is 0.458. The van der Waals surface area contributed by atoms with Crippen molar-refractivity contribution in [1.82, 2.24) is 14.9 Å². The standard InChI is InChI=1S/C24H31N3O3S/c1-5-17(6-2)27-21-10-9-16(23(28)26-20(24(29)30)12-15(3)4)13-19(21)25-22(27)14-18-8-7-11-31-18/h7-11,13,15,17,20H,5-6,12,14H2,1-4H3,(H,26,28)(H,29,30). The first-order valence-electron chi connectivity index (χ1n) is 10.9. The van der Waals surface area contributed by atoms with Crippen molar-refractivity contribution in [3.8, 4) is 0 Å². The zero-order valence-electron chi connectivity index (χ0n) is 18.6. The third-order valence-corrected chi connectivity index (χ3v) is 6.43. The van der Waals surface area contributed by atoms with E-state index in [1.54, 1.807) is 23.5 Å². The van der Waals surface area contributed by atoms with E-state index >= 15 is 0 Å². The van der Waals surface area contributed by atoms with E-state index in [0.717, 1.165) is 36.1 Å². The number of carboxylic acid groups (broad SMARTS) is 1. The quantitative estimate of drug-likeness (QED) is 0.448. The van der Waals surface area contributed by atoms with Gasteiger partial charge in [-0.05, 0) is 54.8 Å². The van der Waals surface area contributed by atoms with Crippen molar-refractivity contribution in [2.45, 2.75) is 65.5 Å². The summed E-state index contributed by atoms with van der Waals surface area (Å²) in [6, 6.07) is 9.06. The number of fused-ring (bicyclic) bond motifs is 1. The Bertz CT molecular complexity index is 1040. The number of aliphatic carboxylic acids is 1. The second kappa shape index (κ2) is 10.1. The van der Waals surface area contributed by atoms with Crippen LogP contribution in [0.15, 0.2) is 35.7 Å². The Morgan fingerprint density at radius 2 is 1.94 bits per heavy atom. The van der Waals surface area contributed by atoms with Gasteiger partial charge in [-0.25, -0.2) is 9.78 Å². The van der Waals surface area contributed by atoms with Gasteiger partial charge in [-0.2, -0.15) is 0 Å². The maximum absolute atomic E-state index is 12.8. The number of benzene rings is 1. The Hall–Kier alpha value is -2.67. The van der Waals surface area contributed by atoms with E-state index in [2.05, 4.69) is 35.2 Å². The molecule has 0 saturated carbocycles. The number of amides is 1. The average Bonchev–Trinajstić information content (AvgIpc) is 3.36. The van der Waals surface area contributed by atoms with Gasteiger partial charge in [0.1, 0.15) is 11.9 Å². The second-order valence-corrected chi connectivity index (χ2v) is 9.35. The number of nitrogens with one attached hydrogen (secondary N) is 1. The molecule has 0 aliphatic heterocycles. The van der Waals surface area contributed by atoms with Crippen molar-refractivity contribution in [3.63, 3.8) is 0 Å². The molecule has 0 aliphatic carbocycles. The summed E-state index contributed by atoms with van der Waals surface area (Å²) in [5.74, 6) is -0.238. The van der Waals surface area contributed by atoms with Crippen molar-refractivity contribution in [2.24, 2.45) is 5.92 Å². The first-order chi connectivity index (χ1) is 14.8. The van der Waals surface area contributed by atoms with Gasteiger partial charge in [0.15, 0.2) is 0 Å². The zero-order valence-corrected chi connectivity index (χ0v) is 19.4. The molecule has 2 aromatic heterocycles. The maximum atomic E-state index is 12.8. The summed E-state index contributed by atoms with van der Waals surface area (Å²) >= 11 is 1.71. The number of hydrogen-bond acceptors (Lipinski definition) is 4. The lowest BCUT2D eigenvalue weighted by molar-refractivity contribution is -0.139. The van der Waals surface area contributed by atoms with Crippen LogP contribution in [0.2, 0.25) is 0 Å². The lowest BCUT2D eigenvalue weighted by atomic mass is 10.0. The van der Waals surface area contributed by atoms with Crippen LogP contribution in [-0.4, -0.2) is 32.6 Å². The van der Waals surface area contributed by atoms with E-state index in [-0.39, 0.29) is 11.8 Å². The number of imidazole rings is 1. The number of carbonyl (C=O) groups is 2. The van der Waals surface area contributed by atoms with Crippen molar-refractivity contribution >= 4 is 34.2 Å².